The van der Waals surface area contributed by atoms with E-state index in [1.807, 2.05) is 6.20 Å². The number of aromatic nitrogens is 4. The molecule has 1 fully saturated rings. The monoisotopic (exact) mass is 351 g/mol. The minimum Gasteiger partial charge on any atom is -0.383 e. The first-order valence-corrected chi connectivity index (χ1v) is 8.01. The van der Waals surface area contributed by atoms with E-state index in [1.54, 1.807) is 17.1 Å². The number of nitrogens with one attached hydrogen (secondary N) is 2. The maximum Gasteiger partial charge on any atom is 0.283 e. The van der Waals surface area contributed by atoms with Gasteiger partial charge in [-0.25, -0.2) is 9.67 Å². The summed E-state index contributed by atoms with van der Waals surface area (Å²) in [6.07, 6.45) is 9.53. The number of hydrogen-bond donors (Lipinski definition) is 2. The topological polar surface area (TPSA) is 75.6 Å². The number of H-pyrrole nitrogens is 1. The second kappa shape index (κ2) is 6.43. The molecular weight excluding hydrogens is 334 g/mol. The summed E-state index contributed by atoms with van der Waals surface area (Å²) in [6.45, 7) is 1.50. The van der Waals surface area contributed by atoms with Gasteiger partial charge in [-0.3, -0.25) is 4.79 Å². The summed E-state index contributed by atoms with van der Waals surface area (Å²) < 4.78 is 2.12. The third-order valence-corrected chi connectivity index (χ3v) is 4.34. The molecule has 0 aromatic carbocycles. The van der Waals surface area contributed by atoms with Gasteiger partial charge in [-0.2, -0.15) is 5.10 Å². The summed E-state index contributed by atoms with van der Waals surface area (Å²) in [4.78, 5) is 19.4. The summed E-state index contributed by atoms with van der Waals surface area (Å²) in [5, 5.41) is 7.49. The fraction of sp³-hybridized carbons (Fsp3) is 0.500. The molecule has 2 heterocycles. The van der Waals surface area contributed by atoms with Crippen molar-refractivity contribution >= 4 is 21.6 Å². The van der Waals surface area contributed by atoms with Crippen LogP contribution in [0.4, 0.5) is 5.69 Å². The molecule has 0 amide bonds. The summed E-state index contributed by atoms with van der Waals surface area (Å²) in [7, 11) is 0. The minimum absolute atomic E-state index is 0.0575. The summed E-state index contributed by atoms with van der Waals surface area (Å²) in [5.41, 5.74) is 0.699. The van der Waals surface area contributed by atoms with Gasteiger partial charge in [0.2, 0.25) is 0 Å². The zero-order chi connectivity index (χ0) is 14.7. The van der Waals surface area contributed by atoms with Crippen molar-refractivity contribution in [2.75, 3.05) is 11.9 Å². The van der Waals surface area contributed by atoms with Gasteiger partial charge in [-0.05, 0) is 41.1 Å². The Morgan fingerprint density at radius 2 is 2.33 bits per heavy atom. The van der Waals surface area contributed by atoms with Crippen molar-refractivity contribution in [1.82, 2.24) is 19.7 Å². The van der Waals surface area contributed by atoms with Gasteiger partial charge in [0.15, 0.2) is 0 Å². The fourth-order valence-corrected chi connectivity index (χ4v) is 2.62. The van der Waals surface area contributed by atoms with Gasteiger partial charge in [-0.15, -0.1) is 0 Å². The quantitative estimate of drug-likeness (QED) is 0.749. The van der Waals surface area contributed by atoms with Crippen LogP contribution in [0.5, 0.6) is 0 Å². The first kappa shape index (κ1) is 14.3. The second-order valence-electron chi connectivity index (χ2n) is 5.37. The average Bonchev–Trinajstić information content (AvgIpc) is 3.15. The highest BCUT2D eigenvalue weighted by Gasteiger charge is 2.23. The summed E-state index contributed by atoms with van der Waals surface area (Å²) in [5.74, 6) is 1.61. The predicted octanol–water partition coefficient (Wildman–Crippen LogP) is 2.18. The number of aromatic amines is 1. The molecule has 21 heavy (non-hydrogen) atoms. The molecule has 0 aliphatic heterocycles. The Morgan fingerprint density at radius 3 is 3.05 bits per heavy atom. The van der Waals surface area contributed by atoms with E-state index in [2.05, 4.69) is 36.3 Å². The Balaban J connectivity index is 1.55. The van der Waals surface area contributed by atoms with Gasteiger partial charge in [0, 0.05) is 31.9 Å². The molecule has 7 heteroatoms. The molecule has 1 aliphatic carbocycles. The second-order valence-corrected chi connectivity index (χ2v) is 6.16. The lowest BCUT2D eigenvalue weighted by Crippen LogP contribution is -2.25. The summed E-state index contributed by atoms with van der Waals surface area (Å²) in [6, 6.07) is 0. The van der Waals surface area contributed by atoms with Crippen LogP contribution >= 0.6 is 15.9 Å². The highest BCUT2D eigenvalue weighted by Crippen LogP contribution is 2.30. The van der Waals surface area contributed by atoms with E-state index in [4.69, 9.17) is 0 Å². The number of hydrogen-bond acceptors (Lipinski definition) is 4. The molecule has 1 aliphatic rings. The van der Waals surface area contributed by atoms with Crippen LogP contribution in [0.2, 0.25) is 0 Å². The lowest BCUT2D eigenvalue weighted by molar-refractivity contribution is 0.532. The smallest absolute Gasteiger partial charge is 0.283 e. The van der Waals surface area contributed by atoms with Crippen LogP contribution in [0.25, 0.3) is 0 Å². The average molecular weight is 352 g/mol. The molecule has 0 spiro atoms. The number of aryl methyl sites for hydroxylation is 1. The van der Waals surface area contributed by atoms with E-state index in [0.717, 1.165) is 37.4 Å². The molecule has 0 atom stereocenters. The summed E-state index contributed by atoms with van der Waals surface area (Å²) >= 11 is 3.38. The van der Waals surface area contributed by atoms with Crippen molar-refractivity contribution < 1.29 is 0 Å². The number of halogens is 1. The van der Waals surface area contributed by atoms with E-state index in [9.17, 15) is 4.79 Å². The fourth-order valence-electron chi connectivity index (χ4n) is 2.18. The van der Waals surface area contributed by atoms with Crippen molar-refractivity contribution in [3.63, 3.8) is 0 Å². The van der Waals surface area contributed by atoms with Gasteiger partial charge in [0.25, 0.3) is 5.56 Å². The standard InChI is InChI=1S/C14H18BrN5O/c15-13-11(16-5-1-2-12-17-6-7-18-12)8-19-20(14(13)21)9-10-3-4-10/h6-8,10,16H,1-5,9H2,(H,17,18). The maximum absolute atomic E-state index is 12.2. The number of nitrogens with zero attached hydrogens (tertiary/aromatic N) is 3. The van der Waals surface area contributed by atoms with Gasteiger partial charge >= 0.3 is 0 Å². The molecule has 3 rings (SSSR count). The van der Waals surface area contributed by atoms with Crippen molar-refractivity contribution in [2.24, 2.45) is 5.92 Å². The molecule has 2 aromatic heterocycles. The third kappa shape index (κ3) is 3.72. The highest BCUT2D eigenvalue weighted by atomic mass is 79.9. The van der Waals surface area contributed by atoms with E-state index in [0.29, 0.717) is 10.4 Å². The Bertz CT molecular complexity index is 648. The van der Waals surface area contributed by atoms with Crippen LogP contribution in [0.15, 0.2) is 27.9 Å². The molecule has 112 valence electrons. The van der Waals surface area contributed by atoms with Crippen LogP contribution in [0.3, 0.4) is 0 Å². The lowest BCUT2D eigenvalue weighted by atomic mass is 10.3. The highest BCUT2D eigenvalue weighted by molar-refractivity contribution is 9.10. The minimum atomic E-state index is -0.0575. The van der Waals surface area contributed by atoms with Crippen LogP contribution in [0.1, 0.15) is 25.1 Å². The normalized spacial score (nSPS) is 14.3. The largest absolute Gasteiger partial charge is 0.383 e. The predicted molar refractivity (Wildman–Crippen MR) is 84.3 cm³/mol. The van der Waals surface area contributed by atoms with E-state index in [1.165, 1.54) is 12.8 Å². The van der Waals surface area contributed by atoms with E-state index >= 15 is 0 Å². The first-order chi connectivity index (χ1) is 10.2. The van der Waals surface area contributed by atoms with Crippen molar-refractivity contribution in [3.8, 4) is 0 Å². The van der Waals surface area contributed by atoms with Crippen LogP contribution in [0, 0.1) is 5.92 Å². The van der Waals surface area contributed by atoms with E-state index < -0.39 is 0 Å². The van der Waals surface area contributed by atoms with Crippen LogP contribution < -0.4 is 10.9 Å². The molecule has 0 bridgehead atoms. The van der Waals surface area contributed by atoms with Crippen LogP contribution in [-0.2, 0) is 13.0 Å². The van der Waals surface area contributed by atoms with Crippen molar-refractivity contribution in [2.45, 2.75) is 32.2 Å². The number of anilines is 1. The van der Waals surface area contributed by atoms with Gasteiger partial charge in [-0.1, -0.05) is 0 Å². The molecule has 2 aromatic rings. The molecule has 0 saturated heterocycles. The first-order valence-electron chi connectivity index (χ1n) is 7.22. The Kier molecular flexibility index (Phi) is 4.38. The molecular formula is C14H18BrN5O. The van der Waals surface area contributed by atoms with Gasteiger partial charge in [0.1, 0.15) is 10.3 Å². The Hall–Kier alpha value is -1.63. The van der Waals surface area contributed by atoms with E-state index in [-0.39, 0.29) is 5.56 Å². The number of rotatable bonds is 7. The Labute approximate surface area is 131 Å². The lowest BCUT2D eigenvalue weighted by Gasteiger charge is -2.10. The molecule has 0 radical (unpaired) electrons. The SMILES string of the molecule is O=c1c(Br)c(NCCCc2ncc[nH]2)cnn1CC1CC1. The third-order valence-electron chi connectivity index (χ3n) is 3.57. The van der Waals surface area contributed by atoms with Gasteiger partial charge in [0.05, 0.1) is 11.9 Å². The molecule has 6 nitrogen and oxygen atoms in total. The number of imidazole rings is 1. The molecule has 2 N–H and O–H groups in total. The zero-order valence-corrected chi connectivity index (χ0v) is 13.3. The van der Waals surface area contributed by atoms with Crippen molar-refractivity contribution in [1.29, 1.82) is 0 Å². The van der Waals surface area contributed by atoms with Gasteiger partial charge < -0.3 is 10.3 Å². The van der Waals surface area contributed by atoms with Crippen LogP contribution in [-0.4, -0.2) is 26.3 Å². The molecule has 0 unspecified atom stereocenters. The Morgan fingerprint density at radius 1 is 1.48 bits per heavy atom. The maximum atomic E-state index is 12.2. The molecule has 1 saturated carbocycles. The zero-order valence-electron chi connectivity index (χ0n) is 11.7. The van der Waals surface area contributed by atoms with Crippen molar-refractivity contribution in [3.05, 3.63) is 39.2 Å².